The number of aryl methyl sites for hydroxylation is 1. The Labute approximate surface area is 96.1 Å². The summed E-state index contributed by atoms with van der Waals surface area (Å²) in [6.45, 7) is 9.05. The van der Waals surface area contributed by atoms with Gasteiger partial charge in [-0.25, -0.2) is 4.98 Å². The van der Waals surface area contributed by atoms with Crippen molar-refractivity contribution in [2.24, 2.45) is 0 Å². The van der Waals surface area contributed by atoms with Gasteiger partial charge in [0, 0.05) is 24.0 Å². The van der Waals surface area contributed by atoms with Gasteiger partial charge < -0.3 is 9.14 Å². The molecule has 0 spiro atoms. The predicted molar refractivity (Wildman–Crippen MR) is 65.2 cm³/mol. The summed E-state index contributed by atoms with van der Waals surface area (Å²) in [5, 5.41) is 0. The van der Waals surface area contributed by atoms with Crippen LogP contribution in [0.1, 0.15) is 37.9 Å². The van der Waals surface area contributed by atoms with E-state index in [0.29, 0.717) is 12.5 Å². The molecule has 3 heteroatoms. The van der Waals surface area contributed by atoms with Crippen molar-refractivity contribution >= 4 is 5.65 Å². The quantitative estimate of drug-likeness (QED) is 0.791. The minimum atomic E-state index is 0.452. The Morgan fingerprint density at radius 3 is 2.75 bits per heavy atom. The maximum absolute atomic E-state index is 5.66. The third kappa shape index (κ3) is 1.90. The van der Waals surface area contributed by atoms with Crippen molar-refractivity contribution in [1.82, 2.24) is 9.38 Å². The molecular formula is C13H18N2O. The molecule has 0 bridgehead atoms. The smallest absolute Gasteiger partial charge is 0.140 e. The molecule has 86 valence electrons. The van der Waals surface area contributed by atoms with Gasteiger partial charge in [-0.1, -0.05) is 13.8 Å². The summed E-state index contributed by atoms with van der Waals surface area (Å²) in [7, 11) is 0. The average molecular weight is 218 g/mol. The van der Waals surface area contributed by atoms with Gasteiger partial charge in [0.15, 0.2) is 0 Å². The molecule has 2 aromatic heterocycles. The van der Waals surface area contributed by atoms with Crippen LogP contribution in [0.3, 0.4) is 0 Å². The summed E-state index contributed by atoms with van der Waals surface area (Å²) in [6.07, 6.45) is 4.15. The van der Waals surface area contributed by atoms with Crippen molar-refractivity contribution in [2.45, 2.75) is 33.6 Å². The monoisotopic (exact) mass is 218 g/mol. The molecule has 0 aliphatic heterocycles. The molecular weight excluding hydrogens is 200 g/mol. The van der Waals surface area contributed by atoms with E-state index in [1.807, 2.05) is 26.1 Å². The Morgan fingerprint density at radius 2 is 2.12 bits per heavy atom. The molecule has 0 fully saturated rings. The van der Waals surface area contributed by atoms with Gasteiger partial charge in [-0.2, -0.15) is 0 Å². The number of fused-ring (bicyclic) bond motifs is 1. The SMILES string of the molecule is CCOc1cc2nc(C)cn2cc1C(C)C. The third-order valence-electron chi connectivity index (χ3n) is 2.63. The van der Waals surface area contributed by atoms with Crippen molar-refractivity contribution in [3.63, 3.8) is 0 Å². The van der Waals surface area contributed by atoms with Crippen molar-refractivity contribution < 1.29 is 4.74 Å². The third-order valence-corrected chi connectivity index (χ3v) is 2.63. The Kier molecular flexibility index (Phi) is 2.86. The fraction of sp³-hybridized carbons (Fsp3) is 0.462. The Balaban J connectivity index is 2.60. The number of aromatic nitrogens is 2. The Hall–Kier alpha value is -1.51. The van der Waals surface area contributed by atoms with Crippen LogP contribution in [0.25, 0.3) is 5.65 Å². The van der Waals surface area contributed by atoms with Crippen LogP contribution < -0.4 is 4.74 Å². The topological polar surface area (TPSA) is 26.5 Å². The number of hydrogen-bond acceptors (Lipinski definition) is 2. The van der Waals surface area contributed by atoms with Crippen LogP contribution in [0.15, 0.2) is 18.5 Å². The van der Waals surface area contributed by atoms with Crippen LogP contribution in [-0.2, 0) is 0 Å². The summed E-state index contributed by atoms with van der Waals surface area (Å²) in [4.78, 5) is 4.44. The molecule has 0 saturated carbocycles. The van der Waals surface area contributed by atoms with Gasteiger partial charge in [0.1, 0.15) is 11.4 Å². The van der Waals surface area contributed by atoms with E-state index in [2.05, 4.69) is 29.4 Å². The first-order chi connectivity index (χ1) is 7.61. The highest BCUT2D eigenvalue weighted by Crippen LogP contribution is 2.27. The first-order valence-corrected chi connectivity index (χ1v) is 5.74. The van der Waals surface area contributed by atoms with Crippen LogP contribution in [0.2, 0.25) is 0 Å². The molecule has 2 aromatic rings. The number of rotatable bonds is 3. The standard InChI is InChI=1S/C13H18N2O/c1-5-16-12-6-13-14-10(4)7-15(13)8-11(12)9(2)3/h6-9H,5H2,1-4H3. The molecule has 2 rings (SSSR count). The Morgan fingerprint density at radius 1 is 1.38 bits per heavy atom. The second kappa shape index (κ2) is 4.16. The lowest BCUT2D eigenvalue weighted by atomic mass is 10.0. The molecule has 16 heavy (non-hydrogen) atoms. The molecule has 0 atom stereocenters. The maximum Gasteiger partial charge on any atom is 0.140 e. The number of pyridine rings is 1. The lowest BCUT2D eigenvalue weighted by Crippen LogP contribution is -2.00. The van der Waals surface area contributed by atoms with Gasteiger partial charge in [0.2, 0.25) is 0 Å². The summed E-state index contributed by atoms with van der Waals surface area (Å²) >= 11 is 0. The molecule has 3 nitrogen and oxygen atoms in total. The van der Waals surface area contributed by atoms with Crippen molar-refractivity contribution in [3.8, 4) is 5.75 Å². The van der Waals surface area contributed by atoms with Crippen LogP contribution in [-0.4, -0.2) is 16.0 Å². The largest absolute Gasteiger partial charge is 0.493 e. The zero-order valence-corrected chi connectivity index (χ0v) is 10.3. The van der Waals surface area contributed by atoms with Crippen LogP contribution in [0.5, 0.6) is 5.75 Å². The predicted octanol–water partition coefficient (Wildman–Crippen LogP) is 3.16. The van der Waals surface area contributed by atoms with Crippen molar-refractivity contribution in [2.75, 3.05) is 6.61 Å². The number of ether oxygens (including phenoxy) is 1. The van der Waals surface area contributed by atoms with Gasteiger partial charge in [0.25, 0.3) is 0 Å². The van der Waals surface area contributed by atoms with E-state index in [1.54, 1.807) is 0 Å². The first-order valence-electron chi connectivity index (χ1n) is 5.74. The van der Waals surface area contributed by atoms with E-state index >= 15 is 0 Å². The molecule has 2 heterocycles. The van der Waals surface area contributed by atoms with Gasteiger partial charge in [-0.15, -0.1) is 0 Å². The van der Waals surface area contributed by atoms with Gasteiger partial charge in [-0.05, 0) is 19.8 Å². The maximum atomic E-state index is 5.66. The fourth-order valence-corrected chi connectivity index (χ4v) is 1.87. The van der Waals surface area contributed by atoms with Crippen LogP contribution >= 0.6 is 0 Å². The Bertz CT molecular complexity index is 500. The van der Waals surface area contributed by atoms with E-state index < -0.39 is 0 Å². The van der Waals surface area contributed by atoms with E-state index in [4.69, 9.17) is 4.74 Å². The lowest BCUT2D eigenvalue weighted by Gasteiger charge is -2.13. The van der Waals surface area contributed by atoms with Crippen molar-refractivity contribution in [3.05, 3.63) is 29.7 Å². The molecule has 0 aliphatic carbocycles. The normalized spacial score (nSPS) is 11.3. The molecule has 0 aromatic carbocycles. The van der Waals surface area contributed by atoms with E-state index in [0.717, 1.165) is 17.1 Å². The second-order valence-electron chi connectivity index (χ2n) is 4.33. The summed E-state index contributed by atoms with van der Waals surface area (Å²) in [5.74, 6) is 1.41. The molecule has 0 N–H and O–H groups in total. The van der Waals surface area contributed by atoms with Crippen molar-refractivity contribution in [1.29, 1.82) is 0 Å². The van der Waals surface area contributed by atoms with E-state index in [-0.39, 0.29) is 0 Å². The highest BCUT2D eigenvalue weighted by Gasteiger charge is 2.10. The summed E-state index contributed by atoms with van der Waals surface area (Å²) in [6, 6.07) is 2.02. The van der Waals surface area contributed by atoms with Gasteiger partial charge in [-0.3, -0.25) is 0 Å². The molecule has 0 aliphatic rings. The molecule has 0 amide bonds. The first kappa shape index (κ1) is 11.0. The zero-order valence-electron chi connectivity index (χ0n) is 10.3. The lowest BCUT2D eigenvalue weighted by molar-refractivity contribution is 0.335. The number of hydrogen-bond donors (Lipinski definition) is 0. The zero-order chi connectivity index (χ0) is 11.7. The summed E-state index contributed by atoms with van der Waals surface area (Å²) < 4.78 is 7.73. The number of nitrogens with zero attached hydrogens (tertiary/aromatic N) is 2. The van der Waals surface area contributed by atoms with Gasteiger partial charge >= 0.3 is 0 Å². The highest BCUT2D eigenvalue weighted by molar-refractivity contribution is 5.50. The molecule has 0 unspecified atom stereocenters. The van der Waals surface area contributed by atoms with E-state index in [9.17, 15) is 0 Å². The minimum Gasteiger partial charge on any atom is -0.493 e. The fourth-order valence-electron chi connectivity index (χ4n) is 1.87. The number of imidazole rings is 1. The van der Waals surface area contributed by atoms with Gasteiger partial charge in [0.05, 0.1) is 12.3 Å². The minimum absolute atomic E-state index is 0.452. The van der Waals surface area contributed by atoms with Crippen LogP contribution in [0, 0.1) is 6.92 Å². The molecule has 0 saturated heterocycles. The second-order valence-corrected chi connectivity index (χ2v) is 4.33. The highest BCUT2D eigenvalue weighted by atomic mass is 16.5. The molecule has 0 radical (unpaired) electrons. The average Bonchev–Trinajstić information content (AvgIpc) is 2.56. The summed E-state index contributed by atoms with van der Waals surface area (Å²) in [5.41, 5.74) is 3.21. The van der Waals surface area contributed by atoms with Crippen LogP contribution in [0.4, 0.5) is 0 Å². The van der Waals surface area contributed by atoms with E-state index in [1.165, 1.54) is 5.56 Å².